The van der Waals surface area contributed by atoms with Crippen LogP contribution in [0.15, 0.2) is 12.1 Å². The van der Waals surface area contributed by atoms with Crippen LogP contribution < -0.4 is 15.2 Å². The van der Waals surface area contributed by atoms with E-state index in [0.29, 0.717) is 6.54 Å². The molecule has 0 fully saturated rings. The minimum Gasteiger partial charge on any atom is -0.496 e. The Labute approximate surface area is 102 Å². The van der Waals surface area contributed by atoms with Crippen LogP contribution in [0.4, 0.5) is 0 Å². The molecule has 1 unspecified atom stereocenters. The van der Waals surface area contributed by atoms with Gasteiger partial charge in [-0.25, -0.2) is 0 Å². The van der Waals surface area contributed by atoms with Gasteiger partial charge in [-0.15, -0.1) is 0 Å². The lowest BCUT2D eigenvalue weighted by Crippen LogP contribution is -2.36. The SMILES string of the molecule is COc1cc(C(C)(CN)CO)c(OC)cc1C. The summed E-state index contributed by atoms with van der Waals surface area (Å²) >= 11 is 0. The molecule has 0 aliphatic rings. The van der Waals surface area contributed by atoms with Gasteiger partial charge in [-0.1, -0.05) is 6.92 Å². The smallest absolute Gasteiger partial charge is 0.123 e. The van der Waals surface area contributed by atoms with Crippen molar-refractivity contribution in [1.82, 2.24) is 0 Å². The van der Waals surface area contributed by atoms with Crippen molar-refractivity contribution in [3.63, 3.8) is 0 Å². The summed E-state index contributed by atoms with van der Waals surface area (Å²) < 4.78 is 10.6. The van der Waals surface area contributed by atoms with Gasteiger partial charge in [0.1, 0.15) is 11.5 Å². The normalized spacial score (nSPS) is 14.2. The molecule has 1 aromatic rings. The predicted molar refractivity (Wildman–Crippen MR) is 67.8 cm³/mol. The van der Waals surface area contributed by atoms with Crippen molar-refractivity contribution in [3.8, 4) is 11.5 Å². The van der Waals surface area contributed by atoms with Crippen molar-refractivity contribution in [2.45, 2.75) is 19.3 Å². The van der Waals surface area contributed by atoms with E-state index in [-0.39, 0.29) is 6.61 Å². The molecule has 4 nitrogen and oxygen atoms in total. The van der Waals surface area contributed by atoms with Crippen LogP contribution in [0.25, 0.3) is 0 Å². The first-order chi connectivity index (χ1) is 8.02. The largest absolute Gasteiger partial charge is 0.496 e. The van der Waals surface area contributed by atoms with Crippen LogP contribution in [-0.2, 0) is 5.41 Å². The third-order valence-corrected chi connectivity index (χ3v) is 3.17. The minimum atomic E-state index is -0.522. The number of hydrogen-bond donors (Lipinski definition) is 2. The number of rotatable bonds is 5. The molecule has 1 rings (SSSR count). The number of aryl methyl sites for hydroxylation is 1. The van der Waals surface area contributed by atoms with E-state index in [1.165, 1.54) is 0 Å². The Bertz CT molecular complexity index is 386. The van der Waals surface area contributed by atoms with Crippen LogP contribution in [0.3, 0.4) is 0 Å². The second kappa shape index (κ2) is 5.38. The molecule has 1 aromatic carbocycles. The van der Waals surface area contributed by atoms with Gasteiger partial charge in [0, 0.05) is 17.5 Å². The molecule has 0 radical (unpaired) electrons. The van der Waals surface area contributed by atoms with E-state index < -0.39 is 5.41 Å². The van der Waals surface area contributed by atoms with Gasteiger partial charge in [-0.2, -0.15) is 0 Å². The molecule has 0 spiro atoms. The second-order valence-corrected chi connectivity index (χ2v) is 4.45. The second-order valence-electron chi connectivity index (χ2n) is 4.45. The molecule has 0 heterocycles. The standard InChI is InChI=1S/C13H21NO3/c1-9-5-12(17-4)10(6-11(9)16-3)13(2,7-14)8-15/h5-6,15H,7-8,14H2,1-4H3. The van der Waals surface area contributed by atoms with Crippen molar-refractivity contribution in [3.05, 3.63) is 23.3 Å². The molecule has 0 saturated heterocycles. The topological polar surface area (TPSA) is 64.7 Å². The zero-order chi connectivity index (χ0) is 13.1. The Kier molecular flexibility index (Phi) is 4.37. The van der Waals surface area contributed by atoms with Gasteiger partial charge in [-0.3, -0.25) is 0 Å². The summed E-state index contributed by atoms with van der Waals surface area (Å²) in [6.45, 7) is 4.15. The van der Waals surface area contributed by atoms with Crippen LogP contribution in [0.2, 0.25) is 0 Å². The lowest BCUT2D eigenvalue weighted by Gasteiger charge is -2.28. The Morgan fingerprint density at radius 3 is 2.24 bits per heavy atom. The molecular formula is C13H21NO3. The van der Waals surface area contributed by atoms with Crippen molar-refractivity contribution >= 4 is 0 Å². The Hall–Kier alpha value is -1.26. The molecular weight excluding hydrogens is 218 g/mol. The van der Waals surface area contributed by atoms with E-state index in [0.717, 1.165) is 22.6 Å². The van der Waals surface area contributed by atoms with Crippen LogP contribution in [0, 0.1) is 6.92 Å². The molecule has 1 atom stereocenters. The average molecular weight is 239 g/mol. The Morgan fingerprint density at radius 2 is 1.82 bits per heavy atom. The Balaban J connectivity index is 3.39. The van der Waals surface area contributed by atoms with Crippen LogP contribution in [-0.4, -0.2) is 32.5 Å². The van der Waals surface area contributed by atoms with Gasteiger partial charge in [0.2, 0.25) is 0 Å². The maximum absolute atomic E-state index is 9.52. The summed E-state index contributed by atoms with van der Waals surface area (Å²) in [5.41, 5.74) is 7.08. The summed E-state index contributed by atoms with van der Waals surface area (Å²) in [6.07, 6.45) is 0. The first-order valence-electron chi connectivity index (χ1n) is 5.56. The van der Waals surface area contributed by atoms with Gasteiger partial charge < -0.3 is 20.3 Å². The molecule has 17 heavy (non-hydrogen) atoms. The first-order valence-corrected chi connectivity index (χ1v) is 5.56. The zero-order valence-electron chi connectivity index (χ0n) is 10.9. The molecule has 0 saturated carbocycles. The van der Waals surface area contributed by atoms with Crippen molar-refractivity contribution < 1.29 is 14.6 Å². The molecule has 4 heteroatoms. The highest BCUT2D eigenvalue weighted by atomic mass is 16.5. The zero-order valence-corrected chi connectivity index (χ0v) is 10.9. The molecule has 96 valence electrons. The van der Waals surface area contributed by atoms with Crippen LogP contribution in [0.1, 0.15) is 18.1 Å². The minimum absolute atomic E-state index is 0.0356. The van der Waals surface area contributed by atoms with Crippen molar-refractivity contribution in [1.29, 1.82) is 0 Å². The maximum Gasteiger partial charge on any atom is 0.123 e. The molecule has 3 N–H and O–H groups in total. The van der Waals surface area contributed by atoms with Crippen molar-refractivity contribution in [2.24, 2.45) is 5.73 Å². The summed E-state index contributed by atoms with van der Waals surface area (Å²) in [4.78, 5) is 0. The van der Waals surface area contributed by atoms with Gasteiger partial charge in [0.05, 0.1) is 20.8 Å². The van der Waals surface area contributed by atoms with Crippen LogP contribution >= 0.6 is 0 Å². The number of nitrogens with two attached hydrogens (primary N) is 1. The van der Waals surface area contributed by atoms with Gasteiger partial charge in [0.25, 0.3) is 0 Å². The highest BCUT2D eigenvalue weighted by Gasteiger charge is 2.28. The third kappa shape index (κ3) is 2.53. The molecule has 0 aliphatic heterocycles. The average Bonchev–Trinajstić information content (AvgIpc) is 2.37. The number of aliphatic hydroxyl groups is 1. The van der Waals surface area contributed by atoms with Gasteiger partial charge in [-0.05, 0) is 24.6 Å². The molecule has 0 amide bonds. The molecule has 0 aromatic heterocycles. The quantitative estimate of drug-likeness (QED) is 0.811. The van der Waals surface area contributed by atoms with E-state index in [1.54, 1.807) is 14.2 Å². The predicted octanol–water partition coefficient (Wildman–Crippen LogP) is 1.22. The number of hydrogen-bond acceptors (Lipinski definition) is 4. The fourth-order valence-corrected chi connectivity index (χ4v) is 1.78. The highest BCUT2D eigenvalue weighted by Crippen LogP contribution is 2.36. The summed E-state index contributed by atoms with van der Waals surface area (Å²) in [7, 11) is 3.23. The third-order valence-electron chi connectivity index (χ3n) is 3.17. The van der Waals surface area contributed by atoms with Gasteiger partial charge >= 0.3 is 0 Å². The fraction of sp³-hybridized carbons (Fsp3) is 0.538. The summed E-state index contributed by atoms with van der Waals surface area (Å²) in [5.74, 6) is 1.50. The monoisotopic (exact) mass is 239 g/mol. The van der Waals surface area contributed by atoms with E-state index in [1.807, 2.05) is 26.0 Å². The van der Waals surface area contributed by atoms with Gasteiger partial charge in [0.15, 0.2) is 0 Å². The number of ether oxygens (including phenoxy) is 2. The van der Waals surface area contributed by atoms with E-state index in [9.17, 15) is 5.11 Å². The molecule has 0 bridgehead atoms. The Morgan fingerprint density at radius 1 is 1.24 bits per heavy atom. The first kappa shape index (κ1) is 13.8. The lowest BCUT2D eigenvalue weighted by molar-refractivity contribution is 0.206. The van der Waals surface area contributed by atoms with E-state index >= 15 is 0 Å². The maximum atomic E-state index is 9.52. The number of benzene rings is 1. The highest BCUT2D eigenvalue weighted by molar-refractivity contribution is 5.49. The number of aliphatic hydroxyl groups excluding tert-OH is 1. The van der Waals surface area contributed by atoms with Crippen LogP contribution in [0.5, 0.6) is 11.5 Å². The fourth-order valence-electron chi connectivity index (χ4n) is 1.78. The van der Waals surface area contributed by atoms with Crippen molar-refractivity contribution in [2.75, 3.05) is 27.4 Å². The number of methoxy groups -OCH3 is 2. The van der Waals surface area contributed by atoms with E-state index in [4.69, 9.17) is 15.2 Å². The summed E-state index contributed by atoms with van der Waals surface area (Å²) in [6, 6.07) is 3.79. The molecule has 0 aliphatic carbocycles. The summed E-state index contributed by atoms with van der Waals surface area (Å²) in [5, 5.41) is 9.52. The van der Waals surface area contributed by atoms with E-state index in [2.05, 4.69) is 0 Å². The lowest BCUT2D eigenvalue weighted by atomic mass is 9.82.